The average molecular weight is 335 g/mol. The fraction of sp³-hybridized carbons (Fsp3) is 0.167. The quantitative estimate of drug-likeness (QED) is 0.921. The van der Waals surface area contributed by atoms with Crippen molar-refractivity contribution < 1.29 is 4.74 Å². The Morgan fingerprint density at radius 1 is 1.35 bits per heavy atom. The number of nitrogens with two attached hydrogens (primary N) is 1. The van der Waals surface area contributed by atoms with Gasteiger partial charge in [0, 0.05) is 14.9 Å². The molecule has 0 spiro atoms. The van der Waals surface area contributed by atoms with E-state index in [0.29, 0.717) is 0 Å². The van der Waals surface area contributed by atoms with Crippen LogP contribution in [0.2, 0.25) is 0 Å². The maximum Gasteiger partial charge on any atom is 0.125 e. The highest BCUT2D eigenvalue weighted by molar-refractivity contribution is 9.10. The van der Waals surface area contributed by atoms with Crippen LogP contribution < -0.4 is 10.5 Å². The number of rotatable bonds is 3. The van der Waals surface area contributed by atoms with Crippen LogP contribution in [0.15, 0.2) is 40.2 Å². The molecule has 0 bridgehead atoms. The van der Waals surface area contributed by atoms with Crippen molar-refractivity contribution in [1.29, 1.82) is 0 Å². The molecule has 0 unspecified atom stereocenters. The predicted octanol–water partition coefficient (Wildman–Crippen LogP) is 3.99. The molecule has 0 amide bonds. The van der Waals surface area contributed by atoms with Gasteiger partial charge in [0.05, 0.1) is 13.2 Å². The largest absolute Gasteiger partial charge is 0.496 e. The Morgan fingerprint density at radius 2 is 2.12 bits per heavy atom. The van der Waals surface area contributed by atoms with Crippen molar-refractivity contribution in [3.8, 4) is 5.75 Å². The van der Waals surface area contributed by atoms with Crippen molar-refractivity contribution in [3.63, 3.8) is 0 Å². The lowest BCUT2D eigenvalue weighted by Gasteiger charge is -2.14. The minimum Gasteiger partial charge on any atom is -0.496 e. The average Bonchev–Trinajstić information content (AvgIpc) is 2.81. The van der Waals surface area contributed by atoms with Crippen molar-refractivity contribution in [3.05, 3.63) is 50.6 Å². The fourth-order valence-corrected chi connectivity index (χ4v) is 2.65. The second kappa shape index (κ2) is 6.40. The summed E-state index contributed by atoms with van der Waals surface area (Å²) in [7, 11) is 1.66. The third-order valence-corrected chi connectivity index (χ3v) is 3.83. The monoisotopic (exact) mass is 333 g/mol. The van der Waals surface area contributed by atoms with E-state index in [1.807, 2.05) is 35.7 Å². The number of benzene rings is 1. The van der Waals surface area contributed by atoms with E-state index in [-0.39, 0.29) is 18.4 Å². The van der Waals surface area contributed by atoms with Crippen molar-refractivity contribution in [2.75, 3.05) is 7.11 Å². The maximum absolute atomic E-state index is 6.20. The molecule has 0 saturated heterocycles. The summed E-state index contributed by atoms with van der Waals surface area (Å²) in [5.41, 5.74) is 7.21. The standard InChI is InChI=1S/C12H12BrNOS.ClH/c1-15-10-7-8(13)4-5-9(10)12(14)11-3-2-6-16-11;/h2-7,12H,14H2,1H3;1H/t12-;/m0./s1. The van der Waals surface area contributed by atoms with Gasteiger partial charge < -0.3 is 10.5 Å². The van der Waals surface area contributed by atoms with Crippen LogP contribution in [0.1, 0.15) is 16.5 Å². The third-order valence-electron chi connectivity index (χ3n) is 2.38. The van der Waals surface area contributed by atoms with Gasteiger partial charge in [-0.15, -0.1) is 23.7 Å². The van der Waals surface area contributed by atoms with Gasteiger partial charge in [0.2, 0.25) is 0 Å². The summed E-state index contributed by atoms with van der Waals surface area (Å²) in [6.45, 7) is 0. The van der Waals surface area contributed by atoms with Gasteiger partial charge in [0.25, 0.3) is 0 Å². The van der Waals surface area contributed by atoms with E-state index >= 15 is 0 Å². The molecule has 92 valence electrons. The first-order valence-corrected chi connectivity index (χ1v) is 6.52. The minimum atomic E-state index is -0.122. The number of thiophene rings is 1. The highest BCUT2D eigenvalue weighted by Crippen LogP contribution is 2.32. The summed E-state index contributed by atoms with van der Waals surface area (Å²) >= 11 is 5.07. The molecule has 0 aliphatic heterocycles. The van der Waals surface area contributed by atoms with Crippen LogP contribution in [0, 0.1) is 0 Å². The highest BCUT2D eigenvalue weighted by atomic mass is 79.9. The van der Waals surface area contributed by atoms with Crippen LogP contribution in [0.5, 0.6) is 5.75 Å². The summed E-state index contributed by atoms with van der Waals surface area (Å²) in [5, 5.41) is 2.03. The molecule has 17 heavy (non-hydrogen) atoms. The van der Waals surface area contributed by atoms with E-state index in [4.69, 9.17) is 10.5 Å². The predicted molar refractivity (Wildman–Crippen MR) is 78.3 cm³/mol. The number of hydrogen-bond acceptors (Lipinski definition) is 3. The second-order valence-corrected chi connectivity index (χ2v) is 5.27. The summed E-state index contributed by atoms with van der Waals surface area (Å²) < 4.78 is 6.33. The first-order chi connectivity index (χ1) is 7.72. The Bertz CT molecular complexity index is 475. The van der Waals surface area contributed by atoms with E-state index < -0.39 is 0 Å². The SMILES string of the molecule is COc1cc(Br)ccc1[C@H](N)c1cccs1.Cl. The van der Waals surface area contributed by atoms with Crippen LogP contribution in [0.25, 0.3) is 0 Å². The molecule has 1 aromatic carbocycles. The summed E-state index contributed by atoms with van der Waals surface area (Å²) in [4.78, 5) is 1.14. The molecule has 2 aromatic rings. The Morgan fingerprint density at radius 3 is 2.71 bits per heavy atom. The Balaban J connectivity index is 0.00000144. The van der Waals surface area contributed by atoms with Gasteiger partial charge in [-0.3, -0.25) is 0 Å². The molecule has 0 saturated carbocycles. The van der Waals surface area contributed by atoms with Crippen molar-refractivity contribution in [2.24, 2.45) is 5.73 Å². The third kappa shape index (κ3) is 3.22. The Kier molecular flexibility index (Phi) is 5.46. The fourth-order valence-electron chi connectivity index (χ4n) is 1.56. The summed E-state index contributed by atoms with van der Waals surface area (Å²) in [5.74, 6) is 0.815. The van der Waals surface area contributed by atoms with E-state index in [2.05, 4.69) is 15.9 Å². The molecule has 1 atom stereocenters. The maximum atomic E-state index is 6.20. The molecular formula is C12H13BrClNOS. The topological polar surface area (TPSA) is 35.2 Å². The highest BCUT2D eigenvalue weighted by Gasteiger charge is 2.14. The van der Waals surface area contributed by atoms with Gasteiger partial charge >= 0.3 is 0 Å². The lowest BCUT2D eigenvalue weighted by atomic mass is 10.1. The normalized spacial score (nSPS) is 11.7. The first-order valence-electron chi connectivity index (χ1n) is 4.85. The van der Waals surface area contributed by atoms with E-state index in [1.165, 1.54) is 0 Å². The number of ether oxygens (including phenoxy) is 1. The number of hydrogen-bond donors (Lipinski definition) is 1. The van der Waals surface area contributed by atoms with Crippen LogP contribution in [-0.2, 0) is 0 Å². The van der Waals surface area contributed by atoms with Crippen LogP contribution >= 0.6 is 39.7 Å². The second-order valence-electron chi connectivity index (χ2n) is 3.38. The molecule has 2 N–H and O–H groups in total. The van der Waals surface area contributed by atoms with Crippen molar-refractivity contribution in [2.45, 2.75) is 6.04 Å². The van der Waals surface area contributed by atoms with Crippen LogP contribution in [0.3, 0.4) is 0 Å². The number of methoxy groups -OCH3 is 1. The van der Waals surface area contributed by atoms with Gasteiger partial charge in [-0.1, -0.05) is 28.1 Å². The van der Waals surface area contributed by atoms with Gasteiger partial charge in [-0.25, -0.2) is 0 Å². The lowest BCUT2D eigenvalue weighted by molar-refractivity contribution is 0.407. The first kappa shape index (κ1) is 14.5. The molecule has 0 fully saturated rings. The van der Waals surface area contributed by atoms with Crippen molar-refractivity contribution in [1.82, 2.24) is 0 Å². The summed E-state index contributed by atoms with van der Waals surface area (Å²) in [6.07, 6.45) is 0. The van der Waals surface area contributed by atoms with E-state index in [9.17, 15) is 0 Å². The van der Waals surface area contributed by atoms with Gasteiger partial charge in [0.15, 0.2) is 0 Å². The molecule has 0 aliphatic rings. The van der Waals surface area contributed by atoms with E-state index in [1.54, 1.807) is 18.4 Å². The Labute approximate surface area is 119 Å². The minimum absolute atomic E-state index is 0. The van der Waals surface area contributed by atoms with Gasteiger partial charge in [-0.05, 0) is 23.6 Å². The molecule has 1 heterocycles. The smallest absolute Gasteiger partial charge is 0.125 e. The zero-order valence-electron chi connectivity index (χ0n) is 9.22. The van der Waals surface area contributed by atoms with Gasteiger partial charge in [-0.2, -0.15) is 0 Å². The molecular weight excluding hydrogens is 322 g/mol. The molecule has 5 heteroatoms. The molecule has 2 rings (SSSR count). The lowest BCUT2D eigenvalue weighted by Crippen LogP contribution is -2.11. The van der Waals surface area contributed by atoms with Gasteiger partial charge in [0.1, 0.15) is 5.75 Å². The molecule has 0 radical (unpaired) electrons. The number of halogens is 2. The summed E-state index contributed by atoms with van der Waals surface area (Å²) in [6, 6.07) is 9.83. The molecule has 0 aliphatic carbocycles. The van der Waals surface area contributed by atoms with Crippen molar-refractivity contribution >= 4 is 39.7 Å². The molecule has 1 aromatic heterocycles. The zero-order valence-corrected chi connectivity index (χ0v) is 12.4. The Hall–Kier alpha value is -0.550. The van der Waals surface area contributed by atoms with Crippen LogP contribution in [0.4, 0.5) is 0 Å². The van der Waals surface area contributed by atoms with Crippen LogP contribution in [-0.4, -0.2) is 7.11 Å². The van der Waals surface area contributed by atoms with E-state index in [0.717, 1.165) is 20.7 Å². The molecule has 2 nitrogen and oxygen atoms in total. The zero-order chi connectivity index (χ0) is 11.5.